The minimum absolute atomic E-state index is 0.0169. The molecule has 1 amide bonds. The predicted octanol–water partition coefficient (Wildman–Crippen LogP) is 6.18. The van der Waals surface area contributed by atoms with Gasteiger partial charge >= 0.3 is 5.91 Å². The van der Waals surface area contributed by atoms with E-state index in [1.165, 1.54) is 16.2 Å². The Morgan fingerprint density at radius 3 is 2.60 bits per heavy atom. The van der Waals surface area contributed by atoms with Crippen molar-refractivity contribution in [2.24, 2.45) is 0 Å². The number of Topliss-reactive ketones (excluding diaryl/α,β-unsaturated/α-hetero) is 1. The molecule has 0 bridgehead atoms. The average Bonchev–Trinajstić information content (AvgIpc) is 3.50. The second-order valence-electron chi connectivity index (χ2n) is 9.77. The molecule has 1 unspecified atom stereocenters. The molecule has 2 aliphatic heterocycles. The molecule has 1 N–H and O–H groups in total. The Morgan fingerprint density at radius 1 is 1.05 bits per heavy atom. The molecular formula is C31H28N2O6S. The molecule has 1 saturated heterocycles. The van der Waals surface area contributed by atoms with Crippen LogP contribution in [-0.4, -0.2) is 41.6 Å². The Morgan fingerprint density at radius 2 is 1.82 bits per heavy atom. The number of benzene rings is 3. The molecule has 1 fully saturated rings. The summed E-state index contributed by atoms with van der Waals surface area (Å²) in [4.78, 5) is 33.2. The van der Waals surface area contributed by atoms with E-state index in [2.05, 4.69) is 6.92 Å². The van der Waals surface area contributed by atoms with E-state index in [9.17, 15) is 14.7 Å². The van der Waals surface area contributed by atoms with Gasteiger partial charge in [-0.15, -0.1) is 0 Å². The Hall–Kier alpha value is -4.37. The Balaban J connectivity index is 1.47. The number of carbonyl (C=O) groups is 2. The van der Waals surface area contributed by atoms with E-state index < -0.39 is 17.7 Å². The number of anilines is 1. The summed E-state index contributed by atoms with van der Waals surface area (Å²) >= 11 is 1.33. The highest BCUT2D eigenvalue weighted by atomic mass is 32.1. The summed E-state index contributed by atoms with van der Waals surface area (Å²) in [5.74, 6) is -0.0989. The minimum atomic E-state index is -0.889. The summed E-state index contributed by atoms with van der Waals surface area (Å²) in [6.07, 6.45) is 1.96. The normalized spacial score (nSPS) is 17.9. The fraction of sp³-hybridized carbons (Fsp3) is 0.258. The number of hydrogen-bond acceptors (Lipinski definition) is 8. The van der Waals surface area contributed by atoms with E-state index in [0.717, 1.165) is 28.6 Å². The standard InChI is InChI=1S/C31H28N2O6S/c1-3-4-13-37-21-9-6-19(7-10-21)27-26(28(34)20-8-12-23-24(17-20)39-15-14-38-23)29(35)30(36)33(27)31-32-22-11-5-18(2)16-25(22)40-31/h5-12,16-17,27,34H,3-4,13-15H2,1-2H3/b28-26-. The molecule has 9 heteroatoms. The van der Waals surface area contributed by atoms with Crippen molar-refractivity contribution in [3.8, 4) is 17.2 Å². The molecule has 6 rings (SSSR count). The zero-order valence-electron chi connectivity index (χ0n) is 22.2. The highest BCUT2D eigenvalue weighted by molar-refractivity contribution is 7.22. The third-order valence-corrected chi connectivity index (χ3v) is 7.98. The molecule has 0 radical (unpaired) electrons. The quantitative estimate of drug-likeness (QED) is 0.126. The van der Waals surface area contributed by atoms with Gasteiger partial charge < -0.3 is 19.3 Å². The molecule has 0 saturated carbocycles. The number of aromatic nitrogens is 1. The van der Waals surface area contributed by atoms with Gasteiger partial charge in [-0.1, -0.05) is 42.9 Å². The van der Waals surface area contributed by atoms with Crippen LogP contribution in [0, 0.1) is 6.92 Å². The zero-order valence-corrected chi connectivity index (χ0v) is 23.0. The number of thiazole rings is 1. The van der Waals surface area contributed by atoms with Crippen molar-refractivity contribution in [1.82, 2.24) is 4.98 Å². The maximum Gasteiger partial charge on any atom is 0.301 e. The van der Waals surface area contributed by atoms with Crippen molar-refractivity contribution >= 4 is 44.1 Å². The highest BCUT2D eigenvalue weighted by Gasteiger charge is 2.48. The van der Waals surface area contributed by atoms with Crippen molar-refractivity contribution < 1.29 is 28.9 Å². The van der Waals surface area contributed by atoms with Crippen LogP contribution in [0.5, 0.6) is 17.2 Å². The second kappa shape index (κ2) is 10.7. The number of carbonyl (C=O) groups excluding carboxylic acids is 2. The molecule has 0 spiro atoms. The number of aliphatic hydroxyl groups excluding tert-OH is 1. The lowest BCUT2D eigenvalue weighted by Gasteiger charge is -2.23. The van der Waals surface area contributed by atoms with Crippen LogP contribution in [0.15, 0.2) is 66.2 Å². The lowest BCUT2D eigenvalue weighted by Crippen LogP contribution is -2.29. The van der Waals surface area contributed by atoms with Gasteiger partial charge in [-0.3, -0.25) is 14.5 Å². The number of unbranched alkanes of at least 4 members (excludes halogenated alkanes) is 1. The minimum Gasteiger partial charge on any atom is -0.507 e. The van der Waals surface area contributed by atoms with E-state index in [0.29, 0.717) is 53.3 Å². The lowest BCUT2D eigenvalue weighted by atomic mass is 9.95. The summed E-state index contributed by atoms with van der Waals surface area (Å²) in [5, 5.41) is 11.9. The van der Waals surface area contributed by atoms with Crippen LogP contribution in [-0.2, 0) is 9.59 Å². The molecule has 3 aromatic carbocycles. The van der Waals surface area contributed by atoms with E-state index in [4.69, 9.17) is 19.2 Å². The number of ether oxygens (including phenoxy) is 3. The number of fused-ring (bicyclic) bond motifs is 2. The molecule has 2 aliphatic rings. The van der Waals surface area contributed by atoms with Gasteiger partial charge in [-0.2, -0.15) is 0 Å². The summed E-state index contributed by atoms with van der Waals surface area (Å²) in [6, 6.07) is 17.2. The van der Waals surface area contributed by atoms with Crippen LogP contribution in [0.25, 0.3) is 16.0 Å². The summed E-state index contributed by atoms with van der Waals surface area (Å²) in [7, 11) is 0. The molecule has 8 nitrogen and oxygen atoms in total. The van der Waals surface area contributed by atoms with E-state index in [1.54, 1.807) is 18.2 Å². The van der Waals surface area contributed by atoms with Gasteiger partial charge in [0, 0.05) is 5.56 Å². The van der Waals surface area contributed by atoms with Crippen molar-refractivity contribution in [2.45, 2.75) is 32.7 Å². The molecule has 4 aromatic rings. The molecule has 0 aliphatic carbocycles. The maximum absolute atomic E-state index is 13.6. The number of hydrogen-bond donors (Lipinski definition) is 1. The van der Waals surface area contributed by atoms with Gasteiger partial charge in [0.1, 0.15) is 24.7 Å². The fourth-order valence-electron chi connectivity index (χ4n) is 4.89. The molecule has 3 heterocycles. The van der Waals surface area contributed by atoms with Crippen molar-refractivity contribution in [3.63, 3.8) is 0 Å². The Bertz CT molecular complexity index is 1640. The monoisotopic (exact) mass is 556 g/mol. The molecule has 40 heavy (non-hydrogen) atoms. The Kier molecular flexibility index (Phi) is 6.89. The third-order valence-electron chi connectivity index (χ3n) is 6.96. The van der Waals surface area contributed by atoms with E-state index in [1.807, 2.05) is 49.4 Å². The molecule has 204 valence electrons. The molecular weight excluding hydrogens is 528 g/mol. The largest absolute Gasteiger partial charge is 0.507 e. The third kappa shape index (κ3) is 4.66. The van der Waals surface area contributed by atoms with Crippen LogP contribution < -0.4 is 19.1 Å². The van der Waals surface area contributed by atoms with Gasteiger partial charge in [0.05, 0.1) is 28.4 Å². The van der Waals surface area contributed by atoms with Gasteiger partial charge in [-0.25, -0.2) is 4.98 Å². The van der Waals surface area contributed by atoms with Crippen LogP contribution in [0.3, 0.4) is 0 Å². The Labute approximate surface area is 235 Å². The SMILES string of the molecule is CCCCOc1ccc(C2/C(=C(/O)c3ccc4c(c3)OCCO4)C(=O)C(=O)N2c2nc3ccc(C)cc3s2)cc1. The number of amides is 1. The molecule has 1 atom stereocenters. The first kappa shape index (κ1) is 25.9. The number of ketones is 1. The first-order valence-corrected chi connectivity index (χ1v) is 14.1. The fourth-order valence-corrected chi connectivity index (χ4v) is 5.99. The second-order valence-corrected chi connectivity index (χ2v) is 10.8. The van der Waals surface area contributed by atoms with Gasteiger partial charge in [-0.05, 0) is 66.9 Å². The van der Waals surface area contributed by atoms with Crippen molar-refractivity contribution in [1.29, 1.82) is 0 Å². The van der Waals surface area contributed by atoms with E-state index in [-0.39, 0.29) is 11.3 Å². The van der Waals surface area contributed by atoms with Gasteiger partial charge in [0.25, 0.3) is 5.78 Å². The zero-order chi connectivity index (χ0) is 27.8. The average molecular weight is 557 g/mol. The number of aliphatic hydroxyl groups is 1. The predicted molar refractivity (Wildman–Crippen MR) is 153 cm³/mol. The number of nitrogens with zero attached hydrogens (tertiary/aromatic N) is 2. The number of rotatable bonds is 7. The van der Waals surface area contributed by atoms with Crippen LogP contribution >= 0.6 is 11.3 Å². The van der Waals surface area contributed by atoms with Crippen LogP contribution in [0.2, 0.25) is 0 Å². The van der Waals surface area contributed by atoms with Crippen molar-refractivity contribution in [2.75, 3.05) is 24.7 Å². The summed E-state index contributed by atoms with van der Waals surface area (Å²) < 4.78 is 18.0. The van der Waals surface area contributed by atoms with Gasteiger partial charge in [0.15, 0.2) is 16.6 Å². The first-order valence-electron chi connectivity index (χ1n) is 13.3. The van der Waals surface area contributed by atoms with E-state index >= 15 is 0 Å². The molecule has 1 aromatic heterocycles. The van der Waals surface area contributed by atoms with Crippen LogP contribution in [0.4, 0.5) is 5.13 Å². The van der Waals surface area contributed by atoms with Crippen molar-refractivity contribution in [3.05, 3.63) is 82.9 Å². The smallest absolute Gasteiger partial charge is 0.301 e. The first-order chi connectivity index (χ1) is 19.4. The van der Waals surface area contributed by atoms with Gasteiger partial charge in [0.2, 0.25) is 0 Å². The number of aryl methyl sites for hydroxylation is 1. The van der Waals surface area contributed by atoms with Crippen LogP contribution in [0.1, 0.15) is 42.5 Å². The lowest BCUT2D eigenvalue weighted by molar-refractivity contribution is -0.132. The highest BCUT2D eigenvalue weighted by Crippen LogP contribution is 2.45. The maximum atomic E-state index is 13.6. The summed E-state index contributed by atoms with van der Waals surface area (Å²) in [6.45, 7) is 5.50. The summed E-state index contributed by atoms with van der Waals surface area (Å²) in [5.41, 5.74) is 2.79. The topological polar surface area (TPSA) is 98.2 Å².